The molecular weight excluding hydrogens is 251 g/mol. The smallest absolute Gasteiger partial charge is 0.320 e. The minimum Gasteiger partial charge on any atom is -0.480 e. The summed E-state index contributed by atoms with van der Waals surface area (Å²) in [5.41, 5.74) is 7.43. The van der Waals surface area contributed by atoms with Gasteiger partial charge in [-0.05, 0) is 11.6 Å². The Hall–Kier alpha value is -1.30. The van der Waals surface area contributed by atoms with E-state index in [1.807, 2.05) is 30.5 Å². The van der Waals surface area contributed by atoms with Crippen molar-refractivity contribution in [2.45, 2.75) is 12.5 Å². The number of carboxylic acids is 1. The molecule has 1 heterocycles. The number of carbonyl (C=O) groups is 1. The Bertz CT molecular complexity index is 495. The monoisotopic (exact) mass is 263 g/mol. The number of nitrogens with two attached hydrogens (primary N) is 1. The quantitative estimate of drug-likeness (QED) is 0.776. The summed E-state index contributed by atoms with van der Waals surface area (Å²) >= 11 is 0. The van der Waals surface area contributed by atoms with E-state index < -0.39 is 12.0 Å². The van der Waals surface area contributed by atoms with Gasteiger partial charge in [0, 0.05) is 40.3 Å². The van der Waals surface area contributed by atoms with Gasteiger partial charge in [-0.2, -0.15) is 0 Å². The Morgan fingerprint density at radius 1 is 1.44 bits per heavy atom. The van der Waals surface area contributed by atoms with Crippen molar-refractivity contribution in [2.24, 2.45) is 5.73 Å². The van der Waals surface area contributed by atoms with Gasteiger partial charge in [-0.3, -0.25) is 4.79 Å². The molecule has 1 radical (unpaired) electrons. The minimum atomic E-state index is -0.972. The summed E-state index contributed by atoms with van der Waals surface area (Å²) < 4.78 is 0. The third-order valence-electron chi connectivity index (χ3n) is 2.43. The average molecular weight is 263 g/mol. The second-order valence-corrected chi connectivity index (χ2v) is 3.51. The Kier molecular flexibility index (Phi) is 4.11. The van der Waals surface area contributed by atoms with E-state index in [1.54, 1.807) is 0 Å². The van der Waals surface area contributed by atoms with Gasteiger partial charge in [0.15, 0.2) is 0 Å². The van der Waals surface area contributed by atoms with Crippen LogP contribution in [0.4, 0.5) is 0 Å². The molecule has 5 heteroatoms. The van der Waals surface area contributed by atoms with Crippen molar-refractivity contribution in [3.05, 3.63) is 36.0 Å². The first kappa shape index (κ1) is 12.8. The summed E-state index contributed by atoms with van der Waals surface area (Å²) in [6.45, 7) is 0. The number of aromatic amines is 1. The number of para-hydroxylation sites is 1. The summed E-state index contributed by atoms with van der Waals surface area (Å²) in [6, 6.07) is 6.91. The van der Waals surface area contributed by atoms with Gasteiger partial charge in [-0.1, -0.05) is 18.2 Å². The molecule has 2 aromatic rings. The van der Waals surface area contributed by atoms with Gasteiger partial charge in [0.1, 0.15) is 6.04 Å². The van der Waals surface area contributed by atoms with Crippen LogP contribution in [-0.2, 0) is 28.0 Å². The molecule has 2 rings (SSSR count). The predicted octanol–water partition coefficient (Wildman–Crippen LogP) is 1.12. The number of benzene rings is 1. The van der Waals surface area contributed by atoms with Gasteiger partial charge in [-0.15, -0.1) is 0 Å². The molecular formula is C11H12CoN2O2. The molecule has 0 aliphatic rings. The van der Waals surface area contributed by atoms with Crippen LogP contribution < -0.4 is 5.73 Å². The Morgan fingerprint density at radius 2 is 2.12 bits per heavy atom. The zero-order valence-electron chi connectivity index (χ0n) is 8.44. The van der Waals surface area contributed by atoms with Crippen molar-refractivity contribution < 1.29 is 26.7 Å². The van der Waals surface area contributed by atoms with Gasteiger partial charge in [0.2, 0.25) is 0 Å². The molecule has 87 valence electrons. The van der Waals surface area contributed by atoms with E-state index in [1.165, 1.54) is 0 Å². The summed E-state index contributed by atoms with van der Waals surface area (Å²) in [5.74, 6) is -0.972. The Morgan fingerprint density at radius 3 is 2.81 bits per heavy atom. The van der Waals surface area contributed by atoms with Gasteiger partial charge in [0.05, 0.1) is 0 Å². The number of aliphatic carboxylic acids is 1. The van der Waals surface area contributed by atoms with Gasteiger partial charge >= 0.3 is 5.97 Å². The Labute approximate surface area is 103 Å². The van der Waals surface area contributed by atoms with E-state index in [0.29, 0.717) is 6.42 Å². The summed E-state index contributed by atoms with van der Waals surface area (Å²) in [5, 5.41) is 9.75. The second-order valence-electron chi connectivity index (χ2n) is 3.51. The molecule has 1 aromatic carbocycles. The van der Waals surface area contributed by atoms with Crippen LogP contribution in [0.25, 0.3) is 10.9 Å². The van der Waals surface area contributed by atoms with Crippen LogP contribution in [0.2, 0.25) is 0 Å². The van der Waals surface area contributed by atoms with E-state index in [2.05, 4.69) is 4.98 Å². The SMILES string of the molecule is N[C@@H](Cc1c[nH]c2ccccc12)C(=O)O.[Co]. The summed E-state index contributed by atoms with van der Waals surface area (Å²) in [4.78, 5) is 13.7. The third kappa shape index (κ3) is 2.44. The zero-order valence-corrected chi connectivity index (χ0v) is 9.48. The third-order valence-corrected chi connectivity index (χ3v) is 2.43. The number of hydrogen-bond donors (Lipinski definition) is 3. The van der Waals surface area contributed by atoms with Crippen LogP contribution in [0.15, 0.2) is 30.5 Å². The molecule has 1 aromatic heterocycles. The van der Waals surface area contributed by atoms with Crippen LogP contribution in [-0.4, -0.2) is 22.1 Å². The van der Waals surface area contributed by atoms with E-state index >= 15 is 0 Å². The molecule has 0 saturated carbocycles. The van der Waals surface area contributed by atoms with Gasteiger partial charge in [0.25, 0.3) is 0 Å². The van der Waals surface area contributed by atoms with E-state index in [0.717, 1.165) is 16.5 Å². The van der Waals surface area contributed by atoms with E-state index in [4.69, 9.17) is 10.8 Å². The van der Waals surface area contributed by atoms with Crippen molar-refractivity contribution in [3.63, 3.8) is 0 Å². The average Bonchev–Trinajstić information content (AvgIpc) is 2.62. The fourth-order valence-electron chi connectivity index (χ4n) is 1.62. The topological polar surface area (TPSA) is 79.1 Å². The fraction of sp³-hybridized carbons (Fsp3) is 0.182. The number of H-pyrrole nitrogens is 1. The predicted molar refractivity (Wildman–Crippen MR) is 57.6 cm³/mol. The van der Waals surface area contributed by atoms with Gasteiger partial charge < -0.3 is 15.8 Å². The number of aromatic nitrogens is 1. The summed E-state index contributed by atoms with van der Waals surface area (Å²) in [7, 11) is 0. The molecule has 1 atom stereocenters. The van der Waals surface area contributed by atoms with Gasteiger partial charge in [-0.25, -0.2) is 0 Å². The zero-order chi connectivity index (χ0) is 10.8. The Balaban J connectivity index is 0.00000128. The van der Waals surface area contributed by atoms with Crippen LogP contribution >= 0.6 is 0 Å². The molecule has 0 aliphatic carbocycles. The van der Waals surface area contributed by atoms with Crippen molar-refractivity contribution in [3.8, 4) is 0 Å². The first-order chi connectivity index (χ1) is 7.18. The molecule has 0 bridgehead atoms. The number of carboxylic acid groups (broad SMARTS) is 1. The maximum absolute atomic E-state index is 10.6. The molecule has 0 aliphatic heterocycles. The molecule has 4 nitrogen and oxygen atoms in total. The van der Waals surface area contributed by atoms with Crippen molar-refractivity contribution in [1.29, 1.82) is 0 Å². The molecule has 0 amide bonds. The van der Waals surface area contributed by atoms with Crippen molar-refractivity contribution in [2.75, 3.05) is 0 Å². The molecule has 0 fully saturated rings. The van der Waals surface area contributed by atoms with E-state index in [9.17, 15) is 4.79 Å². The number of rotatable bonds is 3. The molecule has 16 heavy (non-hydrogen) atoms. The van der Waals surface area contributed by atoms with Crippen molar-refractivity contribution in [1.82, 2.24) is 4.98 Å². The fourth-order valence-corrected chi connectivity index (χ4v) is 1.62. The molecule has 0 spiro atoms. The maximum Gasteiger partial charge on any atom is 0.320 e. The first-order valence-corrected chi connectivity index (χ1v) is 4.72. The van der Waals surface area contributed by atoms with Crippen molar-refractivity contribution >= 4 is 16.9 Å². The number of fused-ring (bicyclic) bond motifs is 1. The molecule has 0 unspecified atom stereocenters. The minimum absolute atomic E-state index is 0. The van der Waals surface area contributed by atoms with Crippen LogP contribution in [0.3, 0.4) is 0 Å². The number of nitrogens with one attached hydrogen (secondary N) is 1. The normalized spacial score (nSPS) is 12.1. The van der Waals surface area contributed by atoms with E-state index in [-0.39, 0.29) is 16.8 Å². The standard InChI is InChI=1S/C11H12N2O2.Co/c12-9(11(14)15)5-7-6-13-10-4-2-1-3-8(7)10;/h1-4,6,9,13H,5,12H2,(H,14,15);/t9-;/m0./s1. The molecule has 4 N–H and O–H groups in total. The van der Waals surface area contributed by atoms with Crippen LogP contribution in [0, 0.1) is 0 Å². The molecule has 0 saturated heterocycles. The largest absolute Gasteiger partial charge is 0.480 e. The maximum atomic E-state index is 10.6. The number of hydrogen-bond acceptors (Lipinski definition) is 2. The first-order valence-electron chi connectivity index (χ1n) is 4.72. The second kappa shape index (κ2) is 5.15. The van der Waals surface area contributed by atoms with Crippen LogP contribution in [0.1, 0.15) is 5.56 Å². The van der Waals surface area contributed by atoms with Crippen LogP contribution in [0.5, 0.6) is 0 Å². The summed E-state index contributed by atoms with van der Waals surface area (Å²) in [6.07, 6.45) is 2.16.